The van der Waals surface area contributed by atoms with Crippen molar-refractivity contribution in [3.05, 3.63) is 30.6 Å². The topological polar surface area (TPSA) is 44.8 Å². The molecule has 1 fully saturated rings. The number of hydrogen-bond acceptors (Lipinski definition) is 3. The van der Waals surface area contributed by atoms with E-state index in [1.54, 1.807) is 6.33 Å². The number of anilines is 1. The predicted octanol–water partition coefficient (Wildman–Crippen LogP) is 3.59. The number of benzene rings is 1. The molecule has 0 saturated carbocycles. The Kier molecular flexibility index (Phi) is 2.84. The zero-order valence-corrected chi connectivity index (χ0v) is 12.5. The Balaban J connectivity index is 1.88. The van der Waals surface area contributed by atoms with Gasteiger partial charge in [-0.1, -0.05) is 32.0 Å². The third kappa shape index (κ3) is 2.06. The van der Waals surface area contributed by atoms with E-state index in [4.69, 9.17) is 0 Å². The number of aromatic amines is 1. The van der Waals surface area contributed by atoms with E-state index in [2.05, 4.69) is 58.0 Å². The number of nitrogens with zero attached hydrogens (tertiary/aromatic N) is 3. The van der Waals surface area contributed by atoms with E-state index in [-0.39, 0.29) is 0 Å². The first-order chi connectivity index (χ1) is 10.2. The van der Waals surface area contributed by atoms with Crippen LogP contribution in [-0.2, 0) is 0 Å². The maximum atomic E-state index is 4.58. The van der Waals surface area contributed by atoms with Crippen molar-refractivity contribution in [3.63, 3.8) is 0 Å². The van der Waals surface area contributed by atoms with Crippen LogP contribution in [0.25, 0.3) is 21.9 Å². The van der Waals surface area contributed by atoms with Gasteiger partial charge in [0.2, 0.25) is 0 Å². The van der Waals surface area contributed by atoms with Gasteiger partial charge in [0.15, 0.2) is 5.82 Å². The molecule has 1 aliphatic rings. The molecule has 0 aliphatic carbocycles. The van der Waals surface area contributed by atoms with Crippen LogP contribution in [0.5, 0.6) is 0 Å². The van der Waals surface area contributed by atoms with Crippen molar-refractivity contribution in [2.24, 2.45) is 11.8 Å². The van der Waals surface area contributed by atoms with Gasteiger partial charge in [-0.25, -0.2) is 9.97 Å². The number of hydrogen-bond donors (Lipinski definition) is 1. The summed E-state index contributed by atoms with van der Waals surface area (Å²) >= 11 is 0. The van der Waals surface area contributed by atoms with Gasteiger partial charge in [0.1, 0.15) is 17.4 Å². The van der Waals surface area contributed by atoms with E-state index in [1.807, 2.05) is 0 Å². The molecule has 1 N–H and O–H groups in total. The molecule has 1 saturated heterocycles. The largest absolute Gasteiger partial charge is 0.354 e. The Bertz CT molecular complexity index is 782. The first-order valence-electron chi connectivity index (χ1n) is 7.68. The van der Waals surface area contributed by atoms with Crippen LogP contribution in [-0.4, -0.2) is 28.0 Å². The van der Waals surface area contributed by atoms with Crippen LogP contribution >= 0.6 is 0 Å². The van der Waals surface area contributed by atoms with E-state index in [0.29, 0.717) is 11.8 Å². The van der Waals surface area contributed by atoms with Gasteiger partial charge >= 0.3 is 0 Å². The Morgan fingerprint density at radius 3 is 2.67 bits per heavy atom. The number of rotatable bonds is 1. The highest BCUT2D eigenvalue weighted by Gasteiger charge is 2.25. The summed E-state index contributed by atoms with van der Waals surface area (Å²) in [6.45, 7) is 6.80. The smallest absolute Gasteiger partial charge is 0.156 e. The molecular formula is C17H20N4. The molecule has 3 aromatic rings. The van der Waals surface area contributed by atoms with E-state index in [9.17, 15) is 0 Å². The lowest BCUT2D eigenvalue weighted by atomic mass is 9.92. The molecule has 0 radical (unpaired) electrons. The van der Waals surface area contributed by atoms with E-state index < -0.39 is 0 Å². The second kappa shape index (κ2) is 4.72. The van der Waals surface area contributed by atoms with Crippen molar-refractivity contribution in [2.45, 2.75) is 20.3 Å². The number of piperidine rings is 1. The van der Waals surface area contributed by atoms with Crippen LogP contribution in [0.2, 0.25) is 0 Å². The lowest BCUT2D eigenvalue weighted by Crippen LogP contribution is -2.39. The van der Waals surface area contributed by atoms with Crippen molar-refractivity contribution < 1.29 is 0 Å². The monoisotopic (exact) mass is 280 g/mol. The van der Waals surface area contributed by atoms with Crippen molar-refractivity contribution >= 4 is 27.8 Å². The molecule has 0 amide bonds. The third-order valence-electron chi connectivity index (χ3n) is 4.44. The molecule has 4 heteroatoms. The van der Waals surface area contributed by atoms with Gasteiger partial charge in [0.05, 0.1) is 0 Å². The predicted molar refractivity (Wildman–Crippen MR) is 86.6 cm³/mol. The van der Waals surface area contributed by atoms with E-state index >= 15 is 0 Å². The van der Waals surface area contributed by atoms with Crippen LogP contribution in [0.15, 0.2) is 30.6 Å². The number of aromatic nitrogens is 3. The van der Waals surface area contributed by atoms with Gasteiger partial charge in [-0.15, -0.1) is 0 Å². The van der Waals surface area contributed by atoms with Gasteiger partial charge in [-0.3, -0.25) is 0 Å². The summed E-state index contributed by atoms with van der Waals surface area (Å²) in [7, 11) is 0. The first kappa shape index (κ1) is 12.6. The number of fused-ring (bicyclic) bond motifs is 3. The Labute approximate surface area is 124 Å². The molecule has 3 heterocycles. The highest BCUT2D eigenvalue weighted by Crippen LogP contribution is 2.32. The second-order valence-corrected chi connectivity index (χ2v) is 6.44. The summed E-state index contributed by atoms with van der Waals surface area (Å²) in [5, 5.41) is 1.18. The van der Waals surface area contributed by atoms with E-state index in [1.165, 1.54) is 11.8 Å². The lowest BCUT2D eigenvalue weighted by Gasteiger charge is -2.35. The Morgan fingerprint density at radius 2 is 1.86 bits per heavy atom. The fraction of sp³-hybridized carbons (Fsp3) is 0.412. The third-order valence-corrected chi connectivity index (χ3v) is 4.44. The van der Waals surface area contributed by atoms with Crippen molar-refractivity contribution in [1.29, 1.82) is 0 Å². The summed E-state index contributed by atoms with van der Waals surface area (Å²) in [5.41, 5.74) is 3.23. The lowest BCUT2D eigenvalue weighted by molar-refractivity contribution is 0.356. The SMILES string of the molecule is CC1CC(C)CN(c2ncnc3c2[nH]c2ccccc23)C1. The molecule has 1 aromatic carbocycles. The minimum atomic E-state index is 0.711. The fourth-order valence-corrected chi connectivity index (χ4v) is 3.70. The molecular weight excluding hydrogens is 260 g/mol. The molecule has 4 rings (SSSR count). The molecule has 2 atom stereocenters. The average molecular weight is 280 g/mol. The van der Waals surface area contributed by atoms with Crippen LogP contribution in [0.1, 0.15) is 20.3 Å². The summed E-state index contributed by atoms with van der Waals surface area (Å²) < 4.78 is 0. The molecule has 0 spiro atoms. The van der Waals surface area contributed by atoms with Crippen LogP contribution < -0.4 is 4.90 Å². The fourth-order valence-electron chi connectivity index (χ4n) is 3.70. The average Bonchev–Trinajstić information content (AvgIpc) is 2.84. The Hall–Kier alpha value is -2.10. The first-order valence-corrected chi connectivity index (χ1v) is 7.68. The van der Waals surface area contributed by atoms with Gasteiger partial charge in [-0.05, 0) is 24.3 Å². The molecule has 2 unspecified atom stereocenters. The maximum Gasteiger partial charge on any atom is 0.156 e. The van der Waals surface area contributed by atoms with Crippen molar-refractivity contribution in [3.8, 4) is 0 Å². The summed E-state index contributed by atoms with van der Waals surface area (Å²) in [4.78, 5) is 15.0. The molecule has 1 aliphatic heterocycles. The van der Waals surface area contributed by atoms with Crippen LogP contribution in [0.3, 0.4) is 0 Å². The quantitative estimate of drug-likeness (QED) is 0.741. The highest BCUT2D eigenvalue weighted by molar-refractivity contribution is 6.08. The number of H-pyrrole nitrogens is 1. The zero-order chi connectivity index (χ0) is 14.4. The van der Waals surface area contributed by atoms with Gasteiger partial charge in [-0.2, -0.15) is 0 Å². The van der Waals surface area contributed by atoms with Gasteiger partial charge in [0, 0.05) is 24.0 Å². The number of para-hydroxylation sites is 1. The van der Waals surface area contributed by atoms with E-state index in [0.717, 1.165) is 35.5 Å². The highest BCUT2D eigenvalue weighted by atomic mass is 15.2. The molecule has 108 valence electrons. The van der Waals surface area contributed by atoms with Crippen molar-refractivity contribution in [1.82, 2.24) is 15.0 Å². The standard InChI is InChI=1S/C17H20N4/c1-11-7-12(2)9-21(8-11)17-16-15(18-10-19-17)13-5-3-4-6-14(13)20-16/h3-6,10-12,20H,7-9H2,1-2H3. The van der Waals surface area contributed by atoms with Crippen molar-refractivity contribution in [2.75, 3.05) is 18.0 Å². The minimum absolute atomic E-state index is 0.711. The second-order valence-electron chi connectivity index (χ2n) is 6.44. The van der Waals surface area contributed by atoms with Crippen LogP contribution in [0.4, 0.5) is 5.82 Å². The maximum absolute atomic E-state index is 4.58. The summed E-state index contributed by atoms with van der Waals surface area (Å²) in [5.74, 6) is 2.47. The Morgan fingerprint density at radius 1 is 1.10 bits per heavy atom. The summed E-state index contributed by atoms with van der Waals surface area (Å²) in [6, 6.07) is 8.33. The molecule has 4 nitrogen and oxygen atoms in total. The molecule has 2 aromatic heterocycles. The molecule has 0 bridgehead atoms. The van der Waals surface area contributed by atoms with Gasteiger partial charge in [0.25, 0.3) is 0 Å². The normalized spacial score (nSPS) is 23.0. The minimum Gasteiger partial charge on any atom is -0.354 e. The van der Waals surface area contributed by atoms with Crippen LogP contribution in [0, 0.1) is 11.8 Å². The van der Waals surface area contributed by atoms with Gasteiger partial charge < -0.3 is 9.88 Å². The molecule has 21 heavy (non-hydrogen) atoms. The zero-order valence-electron chi connectivity index (χ0n) is 12.5. The number of nitrogens with one attached hydrogen (secondary N) is 1. The summed E-state index contributed by atoms with van der Waals surface area (Å²) in [6.07, 6.45) is 3.00.